The molecule has 2 rings (SSSR count). The number of halogens is 1. The van der Waals surface area contributed by atoms with Gasteiger partial charge in [-0.2, -0.15) is 0 Å². The van der Waals surface area contributed by atoms with E-state index in [0.717, 1.165) is 9.26 Å². The lowest BCUT2D eigenvalue weighted by molar-refractivity contribution is 0.0693. The molecule has 1 aromatic heterocycles. The van der Waals surface area contributed by atoms with Gasteiger partial charge in [-0.15, -0.1) is 0 Å². The fourth-order valence-corrected chi connectivity index (χ4v) is 2.12. The van der Waals surface area contributed by atoms with Crippen LogP contribution in [-0.4, -0.2) is 16.1 Å². The van der Waals surface area contributed by atoms with Gasteiger partial charge in [0.1, 0.15) is 17.1 Å². The Kier molecular flexibility index (Phi) is 4.04. The third-order valence-corrected chi connectivity index (χ3v) is 3.27. The fraction of sp³-hybridized carbons (Fsp3) is 0.143. The quantitative estimate of drug-likeness (QED) is 0.837. The maximum Gasteiger partial charge on any atom is 0.341 e. The molecule has 1 heterocycles. The Morgan fingerprint density at radius 1 is 1.26 bits per heavy atom. The molecule has 0 spiro atoms. The molecule has 98 valence electrons. The normalized spacial score (nSPS) is 10.3. The Balaban J connectivity index is 2.44. The van der Waals surface area contributed by atoms with E-state index in [9.17, 15) is 9.90 Å². The highest BCUT2D eigenvalue weighted by atomic mass is 127. The highest BCUT2D eigenvalue weighted by Crippen LogP contribution is 2.28. The topological polar surface area (TPSA) is 59.4 Å². The van der Waals surface area contributed by atoms with E-state index in [4.69, 9.17) is 4.74 Å². The van der Waals surface area contributed by atoms with Crippen LogP contribution in [-0.2, 0) is 0 Å². The maximum absolute atomic E-state index is 11.3. The summed E-state index contributed by atoms with van der Waals surface area (Å²) in [4.78, 5) is 15.4. The summed E-state index contributed by atoms with van der Waals surface area (Å²) >= 11 is 2.20. The molecule has 0 bridgehead atoms. The van der Waals surface area contributed by atoms with Gasteiger partial charge in [-0.05, 0) is 60.7 Å². The summed E-state index contributed by atoms with van der Waals surface area (Å²) in [5.74, 6) is -0.114. The summed E-state index contributed by atoms with van der Waals surface area (Å²) < 4.78 is 6.75. The molecule has 2 aromatic rings. The first-order chi connectivity index (χ1) is 8.97. The van der Waals surface area contributed by atoms with Crippen LogP contribution in [0.15, 0.2) is 30.3 Å². The van der Waals surface area contributed by atoms with Crippen LogP contribution < -0.4 is 4.74 Å². The zero-order valence-corrected chi connectivity index (χ0v) is 12.6. The molecule has 0 fully saturated rings. The van der Waals surface area contributed by atoms with Gasteiger partial charge in [-0.1, -0.05) is 0 Å². The predicted molar refractivity (Wildman–Crippen MR) is 79.9 cm³/mol. The van der Waals surface area contributed by atoms with Gasteiger partial charge < -0.3 is 9.84 Å². The van der Waals surface area contributed by atoms with Crippen LogP contribution in [0.1, 0.15) is 21.7 Å². The van der Waals surface area contributed by atoms with Crippen LogP contribution in [0.4, 0.5) is 0 Å². The number of aromatic nitrogens is 1. The average Bonchev–Trinajstić information content (AvgIpc) is 2.30. The Morgan fingerprint density at radius 2 is 1.89 bits per heavy atom. The number of aromatic carboxylic acids is 1. The highest BCUT2D eigenvalue weighted by molar-refractivity contribution is 14.1. The van der Waals surface area contributed by atoms with Crippen LogP contribution in [0.2, 0.25) is 0 Å². The molecule has 19 heavy (non-hydrogen) atoms. The van der Waals surface area contributed by atoms with Gasteiger partial charge in [0.25, 0.3) is 0 Å². The van der Waals surface area contributed by atoms with E-state index in [1.54, 1.807) is 32.0 Å². The molecule has 1 N–H and O–H groups in total. The second kappa shape index (κ2) is 5.56. The first-order valence-electron chi connectivity index (χ1n) is 5.62. The first-order valence-corrected chi connectivity index (χ1v) is 6.70. The van der Waals surface area contributed by atoms with Gasteiger partial charge in [-0.3, -0.25) is 4.98 Å². The zero-order chi connectivity index (χ0) is 14.0. The number of rotatable bonds is 3. The van der Waals surface area contributed by atoms with E-state index in [1.807, 2.05) is 12.1 Å². The van der Waals surface area contributed by atoms with Gasteiger partial charge in [-0.25, -0.2) is 4.79 Å². The molecule has 0 saturated heterocycles. The number of carboxylic acids is 1. The van der Waals surface area contributed by atoms with Gasteiger partial charge in [0, 0.05) is 15.3 Å². The van der Waals surface area contributed by atoms with Crippen molar-refractivity contribution in [2.45, 2.75) is 13.8 Å². The van der Waals surface area contributed by atoms with Crippen molar-refractivity contribution < 1.29 is 14.6 Å². The largest absolute Gasteiger partial charge is 0.477 e. The number of aryl methyl sites for hydroxylation is 2. The van der Waals surface area contributed by atoms with Crippen molar-refractivity contribution in [1.82, 2.24) is 4.98 Å². The SMILES string of the molecule is Cc1cc(Oc2ccc(I)cc2)c(C(=O)O)c(C)n1. The van der Waals surface area contributed by atoms with E-state index < -0.39 is 5.97 Å². The third kappa shape index (κ3) is 3.23. The van der Waals surface area contributed by atoms with E-state index in [2.05, 4.69) is 27.6 Å². The lowest BCUT2D eigenvalue weighted by Crippen LogP contribution is -2.06. The van der Waals surface area contributed by atoms with Gasteiger partial charge in [0.2, 0.25) is 0 Å². The predicted octanol–water partition coefficient (Wildman–Crippen LogP) is 3.79. The summed E-state index contributed by atoms with van der Waals surface area (Å²) in [6, 6.07) is 9.04. The molecule has 0 saturated carbocycles. The number of ether oxygens (including phenoxy) is 1. The van der Waals surface area contributed by atoms with Crippen molar-refractivity contribution in [3.05, 3.63) is 50.9 Å². The Morgan fingerprint density at radius 3 is 2.47 bits per heavy atom. The van der Waals surface area contributed by atoms with E-state index in [-0.39, 0.29) is 5.56 Å². The highest BCUT2D eigenvalue weighted by Gasteiger charge is 2.17. The molecular weight excluding hydrogens is 357 g/mol. The molecule has 0 aliphatic rings. The smallest absolute Gasteiger partial charge is 0.341 e. The second-order valence-electron chi connectivity index (χ2n) is 4.08. The van der Waals surface area contributed by atoms with Crippen LogP contribution in [0, 0.1) is 17.4 Å². The molecule has 1 aromatic carbocycles. The number of pyridine rings is 1. The van der Waals surface area contributed by atoms with Crippen molar-refractivity contribution in [3.8, 4) is 11.5 Å². The second-order valence-corrected chi connectivity index (χ2v) is 5.33. The van der Waals surface area contributed by atoms with Crippen LogP contribution in [0.3, 0.4) is 0 Å². The number of hydrogen-bond donors (Lipinski definition) is 1. The Labute approximate surface area is 124 Å². The molecule has 5 heteroatoms. The van der Waals surface area contributed by atoms with Crippen molar-refractivity contribution in [2.24, 2.45) is 0 Å². The molecule has 0 radical (unpaired) electrons. The van der Waals surface area contributed by atoms with E-state index in [0.29, 0.717) is 17.2 Å². The van der Waals surface area contributed by atoms with E-state index >= 15 is 0 Å². The average molecular weight is 369 g/mol. The van der Waals surface area contributed by atoms with Crippen LogP contribution in [0.5, 0.6) is 11.5 Å². The number of carbonyl (C=O) groups is 1. The number of benzene rings is 1. The summed E-state index contributed by atoms with van der Waals surface area (Å²) in [5, 5.41) is 9.24. The number of nitrogens with zero attached hydrogens (tertiary/aromatic N) is 1. The van der Waals surface area contributed by atoms with Crippen molar-refractivity contribution in [2.75, 3.05) is 0 Å². The molecule has 0 unspecified atom stereocenters. The lowest BCUT2D eigenvalue weighted by atomic mass is 10.1. The Hall–Kier alpha value is -1.63. The van der Waals surface area contributed by atoms with Gasteiger partial charge in [0.05, 0.1) is 5.69 Å². The molecule has 0 amide bonds. The third-order valence-electron chi connectivity index (χ3n) is 2.55. The summed E-state index contributed by atoms with van der Waals surface area (Å²) in [5.41, 5.74) is 1.28. The zero-order valence-electron chi connectivity index (χ0n) is 10.5. The monoisotopic (exact) mass is 369 g/mol. The minimum absolute atomic E-state index is 0.101. The van der Waals surface area contributed by atoms with Crippen molar-refractivity contribution >= 4 is 28.6 Å². The van der Waals surface area contributed by atoms with Crippen molar-refractivity contribution in [1.29, 1.82) is 0 Å². The minimum atomic E-state index is -1.04. The minimum Gasteiger partial charge on any atom is -0.477 e. The van der Waals surface area contributed by atoms with Gasteiger partial charge in [0.15, 0.2) is 0 Å². The molecular formula is C14H12INO3. The molecule has 0 atom stereocenters. The number of hydrogen-bond acceptors (Lipinski definition) is 3. The fourth-order valence-electron chi connectivity index (χ4n) is 1.76. The first kappa shape index (κ1) is 13.8. The summed E-state index contributed by atoms with van der Waals surface area (Å²) in [6.07, 6.45) is 0. The maximum atomic E-state index is 11.3. The summed E-state index contributed by atoms with van der Waals surface area (Å²) in [6.45, 7) is 3.47. The molecule has 0 aliphatic heterocycles. The lowest BCUT2D eigenvalue weighted by Gasteiger charge is -2.11. The standard InChI is InChI=1S/C14H12INO3/c1-8-7-12(13(14(17)18)9(2)16-8)19-11-5-3-10(15)4-6-11/h3-7H,1-2H3,(H,17,18). The molecule has 4 nitrogen and oxygen atoms in total. The van der Waals surface area contributed by atoms with Crippen LogP contribution in [0.25, 0.3) is 0 Å². The summed E-state index contributed by atoms with van der Waals surface area (Å²) in [7, 11) is 0. The van der Waals surface area contributed by atoms with Crippen LogP contribution >= 0.6 is 22.6 Å². The van der Waals surface area contributed by atoms with Gasteiger partial charge >= 0.3 is 5.97 Å². The Bertz CT molecular complexity index is 623. The van der Waals surface area contributed by atoms with Crippen molar-refractivity contribution in [3.63, 3.8) is 0 Å². The molecule has 0 aliphatic carbocycles. The number of carboxylic acid groups (broad SMARTS) is 1. The van der Waals surface area contributed by atoms with E-state index in [1.165, 1.54) is 0 Å².